The summed E-state index contributed by atoms with van der Waals surface area (Å²) in [5, 5.41) is 5.00. The normalized spacial score (nSPS) is 10.9. The smallest absolute Gasteiger partial charge is 0.230 e. The molecular weight excluding hydrogens is 271 g/mol. The molecule has 5 nitrogen and oxygen atoms in total. The fraction of sp³-hybridized carbons (Fsp3) is 0.286. The van der Waals surface area contributed by atoms with E-state index in [-0.39, 0.29) is 5.28 Å². The molecule has 0 aliphatic rings. The maximum absolute atomic E-state index is 5.73. The average Bonchev–Trinajstić information content (AvgIpc) is 2.41. The van der Waals surface area contributed by atoms with E-state index in [1.54, 1.807) is 11.7 Å². The number of hydrogen-bond donors (Lipinski definition) is 0. The molecule has 0 bridgehead atoms. The number of hydrogen-bond acceptors (Lipinski definition) is 4. The minimum absolute atomic E-state index is 0.143. The first-order valence-electron chi connectivity index (χ1n) is 3.73. The molecule has 0 aliphatic heterocycles. The molecule has 0 unspecified atom stereocenters. The second-order valence-electron chi connectivity index (χ2n) is 2.61. The first kappa shape index (κ1) is 9.67. The Morgan fingerprint density at radius 2 is 2.14 bits per heavy atom. The molecule has 74 valence electrons. The summed E-state index contributed by atoms with van der Waals surface area (Å²) < 4.78 is 7.33. The fourth-order valence-corrected chi connectivity index (χ4v) is 1.94. The predicted octanol–water partition coefficient (Wildman–Crippen LogP) is 1.79. The molecule has 2 rings (SSSR count). The number of methoxy groups -OCH3 is 1. The van der Waals surface area contributed by atoms with Crippen LogP contribution in [0.1, 0.15) is 0 Å². The van der Waals surface area contributed by atoms with Gasteiger partial charge in [-0.05, 0) is 27.5 Å². The molecule has 0 fully saturated rings. The summed E-state index contributed by atoms with van der Waals surface area (Å²) in [6.45, 7) is 0. The van der Waals surface area contributed by atoms with Crippen molar-refractivity contribution in [1.82, 2.24) is 19.7 Å². The monoisotopic (exact) mass is 276 g/mol. The summed E-state index contributed by atoms with van der Waals surface area (Å²) in [5.74, 6) is 0.417. The number of aryl methyl sites for hydroxylation is 1. The van der Waals surface area contributed by atoms with E-state index < -0.39 is 0 Å². The van der Waals surface area contributed by atoms with E-state index in [1.807, 2.05) is 0 Å². The van der Waals surface area contributed by atoms with Gasteiger partial charge in [0.25, 0.3) is 0 Å². The van der Waals surface area contributed by atoms with Gasteiger partial charge in [-0.15, -0.1) is 0 Å². The quantitative estimate of drug-likeness (QED) is 0.746. The molecule has 7 heteroatoms. The van der Waals surface area contributed by atoms with Crippen molar-refractivity contribution in [2.75, 3.05) is 7.11 Å². The third-order valence-electron chi connectivity index (χ3n) is 1.77. The Hall–Kier alpha value is -0.880. The van der Waals surface area contributed by atoms with E-state index in [0.29, 0.717) is 16.1 Å². The second kappa shape index (κ2) is 3.36. The Morgan fingerprint density at radius 3 is 2.79 bits per heavy atom. The van der Waals surface area contributed by atoms with Crippen LogP contribution in [0.4, 0.5) is 0 Å². The molecule has 0 aromatic carbocycles. The van der Waals surface area contributed by atoms with E-state index in [9.17, 15) is 0 Å². The number of halogens is 2. The Balaban J connectivity index is 2.90. The van der Waals surface area contributed by atoms with Gasteiger partial charge in [0.15, 0.2) is 5.65 Å². The zero-order valence-electron chi connectivity index (χ0n) is 7.45. The number of nitrogens with zero attached hydrogens (tertiary/aromatic N) is 4. The van der Waals surface area contributed by atoms with Gasteiger partial charge in [0.2, 0.25) is 11.2 Å². The van der Waals surface area contributed by atoms with Crippen LogP contribution in [0.25, 0.3) is 11.0 Å². The van der Waals surface area contributed by atoms with Gasteiger partial charge in [0, 0.05) is 7.05 Å². The zero-order valence-corrected chi connectivity index (χ0v) is 9.79. The van der Waals surface area contributed by atoms with Gasteiger partial charge in [-0.2, -0.15) is 15.1 Å². The predicted molar refractivity (Wildman–Crippen MR) is 55.6 cm³/mol. The van der Waals surface area contributed by atoms with Crippen LogP contribution in [0, 0.1) is 0 Å². The molecule has 0 N–H and O–H groups in total. The van der Waals surface area contributed by atoms with Crippen molar-refractivity contribution in [2.45, 2.75) is 0 Å². The topological polar surface area (TPSA) is 52.8 Å². The molecule has 0 atom stereocenters. The first-order valence-corrected chi connectivity index (χ1v) is 4.90. The van der Waals surface area contributed by atoms with Crippen LogP contribution < -0.4 is 4.74 Å². The molecule has 0 saturated carbocycles. The van der Waals surface area contributed by atoms with Crippen LogP contribution in [-0.2, 0) is 7.05 Å². The highest BCUT2D eigenvalue weighted by molar-refractivity contribution is 9.10. The summed E-state index contributed by atoms with van der Waals surface area (Å²) in [6.07, 6.45) is 0. The Labute approximate surface area is 93.2 Å². The molecule has 2 heterocycles. The van der Waals surface area contributed by atoms with E-state index in [2.05, 4.69) is 31.0 Å². The van der Waals surface area contributed by atoms with Gasteiger partial charge >= 0.3 is 0 Å². The van der Waals surface area contributed by atoms with Gasteiger partial charge in [-0.1, -0.05) is 0 Å². The number of ether oxygens (including phenoxy) is 1. The van der Waals surface area contributed by atoms with Crippen LogP contribution in [0.3, 0.4) is 0 Å². The standard InChI is InChI=1S/C7H6BrClN4O/c1-13-5-3(4(8)12-13)6(14-2)11-7(9)10-5/h1-2H3. The third-order valence-corrected chi connectivity index (χ3v) is 2.50. The molecule has 14 heavy (non-hydrogen) atoms. The maximum atomic E-state index is 5.73. The van der Waals surface area contributed by atoms with E-state index in [1.165, 1.54) is 7.11 Å². The molecule has 2 aromatic heterocycles. The molecule has 2 aromatic rings. The third kappa shape index (κ3) is 1.34. The highest BCUT2D eigenvalue weighted by atomic mass is 79.9. The summed E-state index contributed by atoms with van der Waals surface area (Å²) in [7, 11) is 3.30. The van der Waals surface area contributed by atoms with Crippen molar-refractivity contribution < 1.29 is 4.74 Å². The van der Waals surface area contributed by atoms with Crippen LogP contribution in [0.2, 0.25) is 5.28 Å². The zero-order chi connectivity index (χ0) is 10.3. The second-order valence-corrected chi connectivity index (χ2v) is 3.70. The van der Waals surface area contributed by atoms with Crippen LogP contribution >= 0.6 is 27.5 Å². The summed E-state index contributed by atoms with van der Waals surface area (Å²) in [6, 6.07) is 0. The summed E-state index contributed by atoms with van der Waals surface area (Å²) in [4.78, 5) is 7.99. The lowest BCUT2D eigenvalue weighted by molar-refractivity contribution is 0.402. The maximum Gasteiger partial charge on any atom is 0.230 e. The van der Waals surface area contributed by atoms with Gasteiger partial charge in [0.05, 0.1) is 7.11 Å². The lowest BCUT2D eigenvalue weighted by Gasteiger charge is -2.00. The minimum atomic E-state index is 0.143. The average molecular weight is 278 g/mol. The number of fused-ring (bicyclic) bond motifs is 1. The molecule has 0 amide bonds. The van der Waals surface area contributed by atoms with Crippen molar-refractivity contribution in [1.29, 1.82) is 0 Å². The minimum Gasteiger partial charge on any atom is -0.480 e. The van der Waals surface area contributed by atoms with Crippen LogP contribution in [-0.4, -0.2) is 26.9 Å². The number of aromatic nitrogens is 4. The fourth-order valence-electron chi connectivity index (χ4n) is 1.20. The molecule has 0 saturated heterocycles. The van der Waals surface area contributed by atoms with E-state index >= 15 is 0 Å². The van der Waals surface area contributed by atoms with Crippen LogP contribution in [0.15, 0.2) is 4.60 Å². The van der Waals surface area contributed by atoms with Crippen molar-refractivity contribution in [2.24, 2.45) is 7.05 Å². The highest BCUT2D eigenvalue weighted by Crippen LogP contribution is 2.29. The number of rotatable bonds is 1. The Morgan fingerprint density at radius 1 is 1.43 bits per heavy atom. The van der Waals surface area contributed by atoms with Crippen molar-refractivity contribution in [3.8, 4) is 5.88 Å². The van der Waals surface area contributed by atoms with Gasteiger partial charge in [-0.3, -0.25) is 0 Å². The molecule has 0 aliphatic carbocycles. The highest BCUT2D eigenvalue weighted by Gasteiger charge is 2.15. The van der Waals surface area contributed by atoms with E-state index in [0.717, 1.165) is 5.39 Å². The molecule has 0 spiro atoms. The molecule has 0 radical (unpaired) electrons. The SMILES string of the molecule is COc1nc(Cl)nc2c1c(Br)nn2C. The Bertz CT molecular complexity index is 498. The first-order chi connectivity index (χ1) is 6.63. The molecular formula is C7H6BrClN4O. The Kier molecular flexibility index (Phi) is 2.32. The summed E-state index contributed by atoms with van der Waals surface area (Å²) >= 11 is 9.02. The van der Waals surface area contributed by atoms with E-state index in [4.69, 9.17) is 16.3 Å². The lowest BCUT2D eigenvalue weighted by Crippen LogP contribution is -1.95. The van der Waals surface area contributed by atoms with Crippen molar-refractivity contribution >= 4 is 38.6 Å². The summed E-state index contributed by atoms with van der Waals surface area (Å²) in [5.41, 5.74) is 0.633. The van der Waals surface area contributed by atoms with Crippen molar-refractivity contribution in [3.05, 3.63) is 9.89 Å². The van der Waals surface area contributed by atoms with Gasteiger partial charge in [0.1, 0.15) is 9.99 Å². The largest absolute Gasteiger partial charge is 0.480 e. The lowest BCUT2D eigenvalue weighted by atomic mass is 10.4. The van der Waals surface area contributed by atoms with Gasteiger partial charge in [-0.25, -0.2) is 4.68 Å². The van der Waals surface area contributed by atoms with Gasteiger partial charge < -0.3 is 4.74 Å². The van der Waals surface area contributed by atoms with Crippen molar-refractivity contribution in [3.63, 3.8) is 0 Å². The van der Waals surface area contributed by atoms with Crippen LogP contribution in [0.5, 0.6) is 5.88 Å².